The molecule has 0 aromatic carbocycles. The van der Waals surface area contributed by atoms with Gasteiger partial charge in [-0.3, -0.25) is 4.79 Å². The Bertz CT molecular complexity index is 698. The molecule has 1 aliphatic carbocycles. The van der Waals surface area contributed by atoms with E-state index in [0.29, 0.717) is 0 Å². The third kappa shape index (κ3) is 3.00. The lowest BCUT2D eigenvalue weighted by molar-refractivity contribution is -0.132. The van der Waals surface area contributed by atoms with E-state index in [-0.39, 0.29) is 17.7 Å². The molecule has 6 nitrogen and oxygen atoms in total. The first-order valence-corrected chi connectivity index (χ1v) is 8.60. The normalized spacial score (nSPS) is 23.9. The number of rotatable bonds is 3. The van der Waals surface area contributed by atoms with E-state index in [1.807, 2.05) is 36.1 Å². The Labute approximate surface area is 141 Å². The van der Waals surface area contributed by atoms with Gasteiger partial charge in [-0.1, -0.05) is 0 Å². The summed E-state index contributed by atoms with van der Waals surface area (Å²) in [6, 6.07) is 7.85. The second-order valence-electron chi connectivity index (χ2n) is 6.66. The van der Waals surface area contributed by atoms with Crippen LogP contribution in [-0.4, -0.2) is 47.2 Å². The van der Waals surface area contributed by atoms with Crippen LogP contribution in [-0.2, 0) is 4.79 Å². The predicted octanol–water partition coefficient (Wildman–Crippen LogP) is 2.22. The summed E-state index contributed by atoms with van der Waals surface area (Å²) in [6.07, 6.45) is 3.55. The highest BCUT2D eigenvalue weighted by Gasteiger charge is 2.47. The van der Waals surface area contributed by atoms with E-state index in [0.717, 1.165) is 56.3 Å². The zero-order valence-electron chi connectivity index (χ0n) is 13.9. The van der Waals surface area contributed by atoms with Gasteiger partial charge in [0.1, 0.15) is 5.76 Å². The SMILES string of the molecule is Cc1ccc(N2CCCN(C(=O)[C@H]3C[C@H]3c3ccco3)CC2)nn1. The molecule has 2 aliphatic rings. The summed E-state index contributed by atoms with van der Waals surface area (Å²) >= 11 is 0. The van der Waals surface area contributed by atoms with E-state index >= 15 is 0 Å². The molecule has 0 N–H and O–H groups in total. The molecule has 0 bridgehead atoms. The quantitative estimate of drug-likeness (QED) is 0.865. The lowest BCUT2D eigenvalue weighted by Crippen LogP contribution is -2.36. The van der Waals surface area contributed by atoms with Crippen LogP contribution in [0.5, 0.6) is 0 Å². The molecule has 2 atom stereocenters. The average Bonchev–Trinajstić information content (AvgIpc) is 3.29. The predicted molar refractivity (Wildman–Crippen MR) is 89.7 cm³/mol. The Morgan fingerprint density at radius 3 is 2.83 bits per heavy atom. The highest BCUT2D eigenvalue weighted by Crippen LogP contribution is 2.48. The molecule has 2 aromatic heterocycles. The number of furan rings is 1. The van der Waals surface area contributed by atoms with Crippen molar-refractivity contribution < 1.29 is 9.21 Å². The number of aryl methyl sites for hydroxylation is 1. The number of anilines is 1. The van der Waals surface area contributed by atoms with Gasteiger partial charge in [0.05, 0.1) is 12.0 Å². The first-order chi connectivity index (χ1) is 11.7. The third-order valence-corrected chi connectivity index (χ3v) is 4.93. The van der Waals surface area contributed by atoms with Crippen molar-refractivity contribution in [2.24, 2.45) is 5.92 Å². The monoisotopic (exact) mass is 326 g/mol. The van der Waals surface area contributed by atoms with Crippen LogP contribution < -0.4 is 4.90 Å². The number of hydrogen-bond donors (Lipinski definition) is 0. The minimum absolute atomic E-state index is 0.0990. The van der Waals surface area contributed by atoms with Crippen molar-refractivity contribution in [2.75, 3.05) is 31.1 Å². The molecular weight excluding hydrogens is 304 g/mol. The van der Waals surface area contributed by atoms with Gasteiger partial charge in [-0.05, 0) is 44.0 Å². The Hall–Kier alpha value is -2.37. The summed E-state index contributed by atoms with van der Waals surface area (Å²) in [6.45, 7) is 5.21. The van der Waals surface area contributed by atoms with Crippen LogP contribution in [0.3, 0.4) is 0 Å². The molecule has 0 unspecified atom stereocenters. The number of carbonyl (C=O) groups excluding carboxylic acids is 1. The van der Waals surface area contributed by atoms with Crippen molar-refractivity contribution in [3.8, 4) is 0 Å². The highest BCUT2D eigenvalue weighted by atomic mass is 16.3. The Kier molecular flexibility index (Phi) is 3.96. The fourth-order valence-corrected chi connectivity index (χ4v) is 3.45. The Balaban J connectivity index is 1.36. The second-order valence-corrected chi connectivity index (χ2v) is 6.66. The van der Waals surface area contributed by atoms with E-state index in [1.54, 1.807) is 6.26 Å². The molecule has 3 heterocycles. The van der Waals surface area contributed by atoms with Crippen molar-refractivity contribution in [1.82, 2.24) is 15.1 Å². The molecule has 0 radical (unpaired) electrons. The summed E-state index contributed by atoms with van der Waals surface area (Å²) in [5.41, 5.74) is 0.920. The molecule has 126 valence electrons. The lowest BCUT2D eigenvalue weighted by Gasteiger charge is -2.22. The van der Waals surface area contributed by atoms with E-state index in [2.05, 4.69) is 15.1 Å². The smallest absolute Gasteiger partial charge is 0.226 e. The number of carbonyl (C=O) groups is 1. The van der Waals surface area contributed by atoms with Gasteiger partial charge in [0.15, 0.2) is 5.82 Å². The van der Waals surface area contributed by atoms with Gasteiger partial charge < -0.3 is 14.2 Å². The summed E-state index contributed by atoms with van der Waals surface area (Å²) in [7, 11) is 0. The Morgan fingerprint density at radius 1 is 1.17 bits per heavy atom. The van der Waals surface area contributed by atoms with E-state index in [9.17, 15) is 4.79 Å². The van der Waals surface area contributed by atoms with Crippen LogP contribution in [0.15, 0.2) is 34.9 Å². The number of aromatic nitrogens is 2. The first kappa shape index (κ1) is 15.2. The third-order valence-electron chi connectivity index (χ3n) is 4.93. The summed E-state index contributed by atoms with van der Waals surface area (Å²) < 4.78 is 5.44. The molecule has 4 rings (SSSR count). The standard InChI is InChI=1S/C18H22N4O2/c1-13-5-6-17(20-19-13)21-7-3-8-22(10-9-21)18(23)15-12-14(15)16-4-2-11-24-16/h2,4-6,11,14-15H,3,7-10,12H2,1H3/t14-,15+/m1/s1. The number of amides is 1. The van der Waals surface area contributed by atoms with Gasteiger partial charge in [0.2, 0.25) is 5.91 Å². The van der Waals surface area contributed by atoms with Gasteiger partial charge >= 0.3 is 0 Å². The maximum Gasteiger partial charge on any atom is 0.226 e. The van der Waals surface area contributed by atoms with Gasteiger partial charge in [-0.15, -0.1) is 5.10 Å². The molecule has 1 aliphatic heterocycles. The minimum atomic E-state index is 0.0990. The van der Waals surface area contributed by atoms with Gasteiger partial charge in [-0.2, -0.15) is 5.10 Å². The molecule has 2 aromatic rings. The van der Waals surface area contributed by atoms with Crippen LogP contribution >= 0.6 is 0 Å². The van der Waals surface area contributed by atoms with Crippen molar-refractivity contribution >= 4 is 11.7 Å². The molecular formula is C18H22N4O2. The van der Waals surface area contributed by atoms with Crippen LogP contribution in [0.25, 0.3) is 0 Å². The molecule has 24 heavy (non-hydrogen) atoms. The highest BCUT2D eigenvalue weighted by molar-refractivity contribution is 5.83. The lowest BCUT2D eigenvalue weighted by atomic mass is 10.2. The number of nitrogens with zero attached hydrogens (tertiary/aromatic N) is 4. The minimum Gasteiger partial charge on any atom is -0.469 e. The second kappa shape index (κ2) is 6.26. The average molecular weight is 326 g/mol. The van der Waals surface area contributed by atoms with Crippen molar-refractivity contribution in [3.63, 3.8) is 0 Å². The molecule has 1 amide bonds. The summed E-state index contributed by atoms with van der Waals surface area (Å²) in [5, 5.41) is 8.40. The molecule has 1 saturated carbocycles. The fraction of sp³-hybridized carbons (Fsp3) is 0.500. The zero-order valence-corrected chi connectivity index (χ0v) is 13.9. The van der Waals surface area contributed by atoms with Gasteiger partial charge in [0, 0.05) is 38.0 Å². The van der Waals surface area contributed by atoms with Crippen molar-refractivity contribution in [1.29, 1.82) is 0 Å². The maximum atomic E-state index is 12.7. The zero-order chi connectivity index (χ0) is 16.5. The van der Waals surface area contributed by atoms with E-state index in [1.165, 1.54) is 0 Å². The van der Waals surface area contributed by atoms with Crippen molar-refractivity contribution in [2.45, 2.75) is 25.7 Å². The van der Waals surface area contributed by atoms with Crippen LogP contribution in [0.4, 0.5) is 5.82 Å². The first-order valence-electron chi connectivity index (χ1n) is 8.60. The Morgan fingerprint density at radius 2 is 2.08 bits per heavy atom. The van der Waals surface area contributed by atoms with Crippen LogP contribution in [0.1, 0.15) is 30.2 Å². The fourth-order valence-electron chi connectivity index (χ4n) is 3.45. The van der Waals surface area contributed by atoms with Crippen molar-refractivity contribution in [3.05, 3.63) is 42.0 Å². The van der Waals surface area contributed by atoms with Crippen LogP contribution in [0.2, 0.25) is 0 Å². The topological polar surface area (TPSA) is 62.5 Å². The molecule has 1 saturated heterocycles. The summed E-state index contributed by atoms with van der Waals surface area (Å²) in [4.78, 5) is 17.0. The summed E-state index contributed by atoms with van der Waals surface area (Å²) in [5.74, 6) is 2.49. The molecule has 0 spiro atoms. The molecule has 2 fully saturated rings. The molecule has 6 heteroatoms. The largest absolute Gasteiger partial charge is 0.469 e. The van der Waals surface area contributed by atoms with Crippen LogP contribution in [0, 0.1) is 12.8 Å². The van der Waals surface area contributed by atoms with Gasteiger partial charge in [-0.25, -0.2) is 0 Å². The van der Waals surface area contributed by atoms with E-state index in [4.69, 9.17) is 4.42 Å². The van der Waals surface area contributed by atoms with E-state index < -0.39 is 0 Å². The van der Waals surface area contributed by atoms with Gasteiger partial charge in [0.25, 0.3) is 0 Å². The maximum absolute atomic E-state index is 12.7. The number of hydrogen-bond acceptors (Lipinski definition) is 5.